The van der Waals surface area contributed by atoms with E-state index in [4.69, 9.17) is 42.1 Å². The van der Waals surface area contributed by atoms with Crippen molar-refractivity contribution in [3.63, 3.8) is 0 Å². The number of ether oxygens (including phenoxy) is 4. The second kappa shape index (κ2) is 25.2. The zero-order chi connectivity index (χ0) is 42.4. The highest BCUT2D eigenvalue weighted by Crippen LogP contribution is 2.37. The molecule has 0 aliphatic heterocycles. The number of benzene rings is 5. The van der Waals surface area contributed by atoms with E-state index in [1.54, 1.807) is 61.0 Å². The van der Waals surface area contributed by atoms with E-state index in [0.717, 1.165) is 46.8 Å². The number of carbonyl (C=O) groups is 2. The third kappa shape index (κ3) is 15.6. The summed E-state index contributed by atoms with van der Waals surface area (Å²) >= 11 is 12.7. The topological polar surface area (TPSA) is 95.8 Å². The minimum atomic E-state index is -0.651. The Morgan fingerprint density at radius 1 is 0.483 bits per heavy atom. The van der Waals surface area contributed by atoms with Crippen molar-refractivity contribution in [2.45, 2.75) is 90.9 Å². The molecule has 0 N–H and O–H groups in total. The lowest BCUT2D eigenvalue weighted by Crippen LogP contribution is -2.11. The van der Waals surface area contributed by atoms with Gasteiger partial charge in [-0.05, 0) is 103 Å². The largest absolute Gasteiger partial charge is 0.494 e. The van der Waals surface area contributed by atoms with Crippen molar-refractivity contribution in [2.75, 3.05) is 13.2 Å². The van der Waals surface area contributed by atoms with Gasteiger partial charge in [-0.2, -0.15) is 0 Å². The van der Waals surface area contributed by atoms with Crippen molar-refractivity contribution in [2.24, 2.45) is 9.98 Å². The van der Waals surface area contributed by atoms with E-state index in [1.165, 1.54) is 76.3 Å². The van der Waals surface area contributed by atoms with Gasteiger partial charge in [0.2, 0.25) is 0 Å². The summed E-state index contributed by atoms with van der Waals surface area (Å²) < 4.78 is 22.9. The van der Waals surface area contributed by atoms with Crippen LogP contribution < -0.4 is 18.9 Å². The van der Waals surface area contributed by atoms with Gasteiger partial charge in [-0.1, -0.05) is 126 Å². The smallest absolute Gasteiger partial charge is 0.343 e. The van der Waals surface area contributed by atoms with Gasteiger partial charge < -0.3 is 18.9 Å². The van der Waals surface area contributed by atoms with E-state index in [-0.39, 0.29) is 32.7 Å². The maximum Gasteiger partial charge on any atom is 0.343 e. The molecule has 5 rings (SSSR count). The first-order chi connectivity index (χ1) is 29.3. The zero-order valence-corrected chi connectivity index (χ0v) is 36.1. The van der Waals surface area contributed by atoms with Crippen molar-refractivity contribution >= 4 is 58.9 Å². The maximum atomic E-state index is 13.1. The number of rotatable bonds is 24. The number of halogens is 2. The number of nitrogens with zero attached hydrogens (tertiary/aromatic N) is 2. The molecular formula is C50H54Cl2N2O6. The number of aliphatic imine (C=N–C) groups is 2. The molecule has 0 aliphatic carbocycles. The van der Waals surface area contributed by atoms with Gasteiger partial charge in [0.25, 0.3) is 0 Å². The predicted molar refractivity (Wildman–Crippen MR) is 244 cm³/mol. The summed E-state index contributed by atoms with van der Waals surface area (Å²) in [4.78, 5) is 35.2. The summed E-state index contributed by atoms with van der Waals surface area (Å²) in [6.45, 7) is 5.87. The molecule has 314 valence electrons. The Hall–Kier alpha value is -5.44. The lowest BCUT2D eigenvalue weighted by atomic mass is 10.1. The van der Waals surface area contributed by atoms with Crippen LogP contribution in [0.5, 0.6) is 23.0 Å². The monoisotopic (exact) mass is 848 g/mol. The molecular weight excluding hydrogens is 795 g/mol. The average Bonchev–Trinajstić information content (AvgIpc) is 3.27. The molecule has 5 aromatic carbocycles. The van der Waals surface area contributed by atoms with Crippen LogP contribution in [0.4, 0.5) is 11.4 Å². The van der Waals surface area contributed by atoms with Gasteiger partial charge in [-0.25, -0.2) is 9.59 Å². The van der Waals surface area contributed by atoms with E-state index in [2.05, 4.69) is 23.8 Å². The first-order valence-electron chi connectivity index (χ1n) is 21.0. The maximum absolute atomic E-state index is 13.1. The van der Waals surface area contributed by atoms with E-state index < -0.39 is 11.9 Å². The highest BCUT2D eigenvalue weighted by atomic mass is 35.5. The normalized spacial score (nSPS) is 11.3. The SMILES string of the molecule is CCCCCCCCOc1ccc(N=Cc2ccc(C(=O)Oc3cc(OC(=O)c4ccc(C=Nc5ccc(OCCCCCCCC)cc5)cc4)c(Cl)cc3Cl)cc2)cc1. The molecule has 5 aromatic rings. The van der Waals surface area contributed by atoms with Crippen molar-refractivity contribution in [3.05, 3.63) is 141 Å². The molecule has 0 heterocycles. The third-order valence-corrected chi connectivity index (χ3v) is 10.2. The van der Waals surface area contributed by atoms with E-state index in [0.29, 0.717) is 13.2 Å². The minimum Gasteiger partial charge on any atom is -0.494 e. The summed E-state index contributed by atoms with van der Waals surface area (Å²) in [7, 11) is 0. The molecule has 0 saturated heterocycles. The Balaban J connectivity index is 1.08. The fraction of sp³-hybridized carbons (Fsp3) is 0.320. The van der Waals surface area contributed by atoms with E-state index >= 15 is 0 Å². The van der Waals surface area contributed by atoms with Gasteiger partial charge >= 0.3 is 11.9 Å². The van der Waals surface area contributed by atoms with Gasteiger partial charge in [0.15, 0.2) is 11.5 Å². The summed E-state index contributed by atoms with van der Waals surface area (Å²) in [5, 5.41) is 0.157. The van der Waals surface area contributed by atoms with Gasteiger partial charge in [-0.3, -0.25) is 9.98 Å². The van der Waals surface area contributed by atoms with E-state index in [1.807, 2.05) is 48.5 Å². The van der Waals surface area contributed by atoms with Crippen molar-refractivity contribution in [1.82, 2.24) is 0 Å². The van der Waals surface area contributed by atoms with Crippen molar-refractivity contribution in [3.8, 4) is 23.0 Å². The zero-order valence-electron chi connectivity index (χ0n) is 34.5. The molecule has 0 bridgehead atoms. The molecule has 0 aliphatic rings. The molecule has 0 fully saturated rings. The fourth-order valence-corrected chi connectivity index (χ4v) is 6.56. The Kier molecular flexibility index (Phi) is 19.2. The summed E-state index contributed by atoms with van der Waals surface area (Å²) in [5.74, 6) is 0.325. The molecule has 0 unspecified atom stereocenters. The third-order valence-electron chi connectivity index (χ3n) is 9.62. The Morgan fingerprint density at radius 3 is 1.23 bits per heavy atom. The Bertz CT molecular complexity index is 1980. The van der Waals surface area contributed by atoms with Gasteiger partial charge in [0.1, 0.15) is 11.5 Å². The van der Waals surface area contributed by atoms with Crippen LogP contribution in [-0.2, 0) is 0 Å². The van der Waals surface area contributed by atoms with Crippen LogP contribution in [0.15, 0.2) is 119 Å². The Labute approximate surface area is 364 Å². The van der Waals surface area contributed by atoms with Crippen LogP contribution in [0.3, 0.4) is 0 Å². The summed E-state index contributed by atoms with van der Waals surface area (Å²) in [6, 6.07) is 31.5. The van der Waals surface area contributed by atoms with Crippen LogP contribution in [0.2, 0.25) is 10.0 Å². The molecule has 10 heteroatoms. The predicted octanol–water partition coefficient (Wildman–Crippen LogP) is 14.4. The fourth-order valence-electron chi connectivity index (χ4n) is 6.09. The van der Waals surface area contributed by atoms with Gasteiger partial charge in [-0.15, -0.1) is 0 Å². The molecule has 0 amide bonds. The first-order valence-corrected chi connectivity index (χ1v) is 21.7. The second-order valence-corrected chi connectivity index (χ2v) is 15.3. The summed E-state index contributed by atoms with van der Waals surface area (Å²) in [6.07, 6.45) is 18.1. The van der Waals surface area contributed by atoms with E-state index in [9.17, 15) is 9.59 Å². The summed E-state index contributed by atoms with van der Waals surface area (Å²) in [5.41, 5.74) is 3.73. The number of carbonyl (C=O) groups excluding carboxylic acids is 2. The number of hydrogen-bond acceptors (Lipinski definition) is 8. The number of unbranched alkanes of at least 4 members (excludes halogenated alkanes) is 10. The minimum absolute atomic E-state index is 0.0112. The molecule has 60 heavy (non-hydrogen) atoms. The van der Waals surface area contributed by atoms with Crippen LogP contribution in [0.25, 0.3) is 0 Å². The number of hydrogen-bond donors (Lipinski definition) is 0. The number of esters is 2. The van der Waals surface area contributed by atoms with Crippen LogP contribution >= 0.6 is 23.2 Å². The molecule has 0 atom stereocenters. The van der Waals surface area contributed by atoms with Crippen LogP contribution in [0, 0.1) is 0 Å². The average molecular weight is 850 g/mol. The van der Waals surface area contributed by atoms with Crippen molar-refractivity contribution in [1.29, 1.82) is 0 Å². The van der Waals surface area contributed by atoms with Crippen LogP contribution in [-0.4, -0.2) is 37.6 Å². The van der Waals surface area contributed by atoms with Gasteiger partial charge in [0, 0.05) is 18.5 Å². The standard InChI is InChI=1S/C50H54Cl2N2O6/c1-3-5-7-9-11-13-31-57-43-27-23-41(24-28-43)53-35-37-15-19-39(20-16-37)49(55)59-47-34-48(46(52)33-45(47)51)60-50(56)40-21-17-38(18-22-40)36-54-42-25-29-44(30-26-42)58-32-14-12-10-8-6-4-2/h15-30,33-36H,3-14,31-32H2,1-2H3. The highest BCUT2D eigenvalue weighted by molar-refractivity contribution is 6.36. The molecule has 8 nitrogen and oxygen atoms in total. The second-order valence-electron chi connectivity index (χ2n) is 14.5. The Morgan fingerprint density at radius 2 is 0.850 bits per heavy atom. The molecule has 0 radical (unpaired) electrons. The quantitative estimate of drug-likeness (QED) is 0.0266. The first kappa shape index (κ1) is 45.6. The van der Waals surface area contributed by atoms with Crippen molar-refractivity contribution < 1.29 is 28.5 Å². The van der Waals surface area contributed by atoms with Gasteiger partial charge in [0.05, 0.1) is 45.8 Å². The highest BCUT2D eigenvalue weighted by Gasteiger charge is 2.18. The molecule has 0 saturated carbocycles. The molecule has 0 spiro atoms. The lowest BCUT2D eigenvalue weighted by molar-refractivity contribution is 0.0733. The molecule has 0 aromatic heterocycles. The lowest BCUT2D eigenvalue weighted by Gasteiger charge is -2.11. The van der Waals surface area contributed by atoms with Crippen LogP contribution in [0.1, 0.15) is 123 Å².